The fraction of sp³-hybridized carbons (Fsp3) is 0.500. The molecule has 1 heterocycles. The summed E-state index contributed by atoms with van der Waals surface area (Å²) in [6, 6.07) is 6.44. The maximum atomic E-state index is 12.0. The van der Waals surface area contributed by atoms with Crippen LogP contribution < -0.4 is 10.0 Å². The number of ether oxygens (including phenoxy) is 1. The van der Waals surface area contributed by atoms with Gasteiger partial charge in [0.25, 0.3) is 5.91 Å². The Morgan fingerprint density at radius 2 is 2.24 bits per heavy atom. The second kappa shape index (κ2) is 6.91. The van der Waals surface area contributed by atoms with Gasteiger partial charge in [0.1, 0.15) is 0 Å². The number of carbonyl (C=O) groups excluding carboxylic acids is 1. The van der Waals surface area contributed by atoms with Crippen LogP contribution in [-0.4, -0.2) is 39.3 Å². The van der Waals surface area contributed by atoms with Crippen molar-refractivity contribution in [1.82, 2.24) is 5.32 Å². The molecule has 6 nitrogen and oxygen atoms in total. The van der Waals surface area contributed by atoms with Crippen LogP contribution in [0.4, 0.5) is 5.69 Å². The third kappa shape index (κ3) is 4.71. The Morgan fingerprint density at radius 3 is 2.90 bits per heavy atom. The van der Waals surface area contributed by atoms with Crippen LogP contribution in [0.2, 0.25) is 0 Å². The maximum absolute atomic E-state index is 12.0. The number of hydrogen-bond acceptors (Lipinski definition) is 4. The number of amides is 1. The van der Waals surface area contributed by atoms with Crippen LogP contribution in [0, 0.1) is 0 Å². The Kier molecular flexibility index (Phi) is 5.19. The van der Waals surface area contributed by atoms with Gasteiger partial charge in [-0.25, -0.2) is 8.42 Å². The molecule has 1 aliphatic rings. The van der Waals surface area contributed by atoms with E-state index in [1.807, 2.05) is 0 Å². The van der Waals surface area contributed by atoms with E-state index >= 15 is 0 Å². The lowest BCUT2D eigenvalue weighted by atomic mass is 10.2. The Morgan fingerprint density at radius 1 is 1.43 bits per heavy atom. The van der Waals surface area contributed by atoms with Gasteiger partial charge in [-0.2, -0.15) is 0 Å². The van der Waals surface area contributed by atoms with Crippen molar-refractivity contribution in [3.05, 3.63) is 29.8 Å². The first-order valence-corrected chi connectivity index (χ1v) is 8.66. The van der Waals surface area contributed by atoms with Gasteiger partial charge in [-0.3, -0.25) is 9.52 Å². The molecule has 1 aliphatic heterocycles. The molecule has 1 atom stereocenters. The SMILES string of the molecule is CCS(=O)(=O)Nc1cccc(C(=O)NC[C@@H]2CCCO2)c1. The van der Waals surface area contributed by atoms with E-state index in [2.05, 4.69) is 10.0 Å². The van der Waals surface area contributed by atoms with Crippen LogP contribution in [0.15, 0.2) is 24.3 Å². The topological polar surface area (TPSA) is 84.5 Å². The molecule has 0 saturated carbocycles. The van der Waals surface area contributed by atoms with Gasteiger partial charge in [0, 0.05) is 24.4 Å². The lowest BCUT2D eigenvalue weighted by molar-refractivity contribution is 0.0858. The van der Waals surface area contributed by atoms with Crippen molar-refractivity contribution in [2.75, 3.05) is 23.6 Å². The minimum absolute atomic E-state index is 0.0115. The minimum atomic E-state index is -3.34. The predicted octanol–water partition coefficient (Wildman–Crippen LogP) is 1.36. The molecule has 1 amide bonds. The number of hydrogen-bond donors (Lipinski definition) is 2. The first-order valence-electron chi connectivity index (χ1n) is 7.00. The van der Waals surface area contributed by atoms with Crippen LogP contribution in [0.3, 0.4) is 0 Å². The van der Waals surface area contributed by atoms with E-state index in [1.54, 1.807) is 25.1 Å². The first kappa shape index (κ1) is 15.8. The van der Waals surface area contributed by atoms with Crippen LogP contribution in [-0.2, 0) is 14.8 Å². The molecule has 2 rings (SSSR count). The van der Waals surface area contributed by atoms with E-state index in [-0.39, 0.29) is 17.8 Å². The molecule has 1 fully saturated rings. The van der Waals surface area contributed by atoms with Crippen molar-refractivity contribution in [3.63, 3.8) is 0 Å². The number of nitrogens with one attached hydrogen (secondary N) is 2. The smallest absolute Gasteiger partial charge is 0.251 e. The van der Waals surface area contributed by atoms with Gasteiger partial charge in [0.15, 0.2) is 0 Å². The Labute approximate surface area is 124 Å². The van der Waals surface area contributed by atoms with Gasteiger partial charge in [-0.15, -0.1) is 0 Å². The molecule has 0 radical (unpaired) electrons. The molecular formula is C14H20N2O4S. The van der Waals surface area contributed by atoms with Crippen molar-refractivity contribution in [3.8, 4) is 0 Å². The lowest BCUT2D eigenvalue weighted by Gasteiger charge is -2.11. The van der Waals surface area contributed by atoms with Gasteiger partial charge < -0.3 is 10.1 Å². The third-order valence-corrected chi connectivity index (χ3v) is 4.60. The molecule has 0 bridgehead atoms. The fourth-order valence-electron chi connectivity index (χ4n) is 2.09. The highest BCUT2D eigenvalue weighted by Gasteiger charge is 2.17. The second-order valence-corrected chi connectivity index (χ2v) is 6.94. The van der Waals surface area contributed by atoms with Crippen LogP contribution in [0.1, 0.15) is 30.1 Å². The fourth-order valence-corrected chi connectivity index (χ4v) is 2.72. The van der Waals surface area contributed by atoms with Crippen LogP contribution in [0.5, 0.6) is 0 Å². The number of rotatable bonds is 6. The first-order chi connectivity index (χ1) is 10.00. The summed E-state index contributed by atoms with van der Waals surface area (Å²) in [7, 11) is -3.34. The third-order valence-electron chi connectivity index (χ3n) is 3.29. The molecule has 0 aliphatic carbocycles. The quantitative estimate of drug-likeness (QED) is 0.830. The Hall–Kier alpha value is -1.60. The average Bonchev–Trinajstić information content (AvgIpc) is 2.98. The van der Waals surface area contributed by atoms with E-state index < -0.39 is 10.0 Å². The average molecular weight is 312 g/mol. The number of sulfonamides is 1. The van der Waals surface area contributed by atoms with Crippen LogP contribution in [0.25, 0.3) is 0 Å². The van der Waals surface area contributed by atoms with E-state index in [4.69, 9.17) is 4.74 Å². The lowest BCUT2D eigenvalue weighted by Crippen LogP contribution is -2.31. The largest absolute Gasteiger partial charge is 0.376 e. The highest BCUT2D eigenvalue weighted by atomic mass is 32.2. The number of carbonyl (C=O) groups is 1. The van der Waals surface area contributed by atoms with E-state index in [0.29, 0.717) is 17.8 Å². The van der Waals surface area contributed by atoms with Crippen molar-refractivity contribution in [1.29, 1.82) is 0 Å². The summed E-state index contributed by atoms with van der Waals surface area (Å²) in [5.41, 5.74) is 0.811. The van der Waals surface area contributed by atoms with Gasteiger partial charge in [-0.05, 0) is 38.0 Å². The van der Waals surface area contributed by atoms with E-state index in [1.165, 1.54) is 6.07 Å². The van der Waals surface area contributed by atoms with Crippen molar-refractivity contribution >= 4 is 21.6 Å². The summed E-state index contributed by atoms with van der Waals surface area (Å²) in [5.74, 6) is -0.245. The standard InChI is InChI=1S/C14H20N2O4S/c1-2-21(18,19)16-12-6-3-5-11(9-12)14(17)15-10-13-7-4-8-20-13/h3,5-6,9,13,16H,2,4,7-8,10H2,1H3,(H,15,17)/t13-/m0/s1. The number of benzene rings is 1. The van der Waals surface area contributed by atoms with Crippen LogP contribution >= 0.6 is 0 Å². The van der Waals surface area contributed by atoms with Gasteiger partial charge >= 0.3 is 0 Å². The molecule has 1 aromatic carbocycles. The van der Waals surface area contributed by atoms with Gasteiger partial charge in [-0.1, -0.05) is 6.07 Å². The summed E-state index contributed by atoms with van der Waals surface area (Å²) < 4.78 is 30.9. The Bertz CT molecular complexity index is 595. The van der Waals surface area contributed by atoms with E-state index in [9.17, 15) is 13.2 Å². The normalized spacial score (nSPS) is 18.4. The van der Waals surface area contributed by atoms with Crippen molar-refractivity contribution in [2.24, 2.45) is 0 Å². The summed E-state index contributed by atoms with van der Waals surface area (Å²) in [5, 5.41) is 2.80. The number of anilines is 1. The zero-order chi connectivity index (χ0) is 15.3. The van der Waals surface area contributed by atoms with Crippen molar-refractivity contribution < 1.29 is 17.9 Å². The van der Waals surface area contributed by atoms with Crippen molar-refractivity contribution in [2.45, 2.75) is 25.9 Å². The molecule has 21 heavy (non-hydrogen) atoms. The summed E-state index contributed by atoms with van der Waals surface area (Å²) >= 11 is 0. The van der Waals surface area contributed by atoms with Gasteiger partial charge in [0.2, 0.25) is 10.0 Å². The highest BCUT2D eigenvalue weighted by molar-refractivity contribution is 7.92. The Balaban J connectivity index is 1.97. The minimum Gasteiger partial charge on any atom is -0.376 e. The second-order valence-electron chi connectivity index (χ2n) is 4.93. The van der Waals surface area contributed by atoms with Gasteiger partial charge in [0.05, 0.1) is 11.9 Å². The molecule has 1 saturated heterocycles. The highest BCUT2D eigenvalue weighted by Crippen LogP contribution is 2.14. The molecule has 1 aromatic rings. The monoisotopic (exact) mass is 312 g/mol. The summed E-state index contributed by atoms with van der Waals surface area (Å²) in [6.07, 6.45) is 2.06. The summed E-state index contributed by atoms with van der Waals surface area (Å²) in [6.45, 7) is 2.78. The molecule has 0 unspecified atom stereocenters. The molecule has 2 N–H and O–H groups in total. The molecule has 0 spiro atoms. The molecule has 7 heteroatoms. The molecule has 0 aromatic heterocycles. The van der Waals surface area contributed by atoms with E-state index in [0.717, 1.165) is 19.4 Å². The molecule has 116 valence electrons. The zero-order valence-corrected chi connectivity index (χ0v) is 12.8. The maximum Gasteiger partial charge on any atom is 0.251 e. The predicted molar refractivity (Wildman–Crippen MR) is 80.8 cm³/mol. The molecular weight excluding hydrogens is 292 g/mol. The zero-order valence-electron chi connectivity index (χ0n) is 12.0. The summed E-state index contributed by atoms with van der Waals surface area (Å²) in [4.78, 5) is 12.0.